The number of benzene rings is 2. The number of sulfonamides is 1. The first-order valence-corrected chi connectivity index (χ1v) is 8.30. The molecule has 2 rings (SSSR count). The van der Waals surface area contributed by atoms with Crippen LogP contribution >= 0.6 is 11.6 Å². The van der Waals surface area contributed by atoms with Crippen molar-refractivity contribution in [3.05, 3.63) is 53.1 Å². The van der Waals surface area contributed by atoms with Crippen molar-refractivity contribution >= 4 is 27.3 Å². The summed E-state index contributed by atoms with van der Waals surface area (Å²) in [6, 6.07) is 6.53. The molecule has 4 nitrogen and oxygen atoms in total. The van der Waals surface area contributed by atoms with Crippen molar-refractivity contribution in [2.45, 2.75) is 17.7 Å². The Morgan fingerprint density at radius 1 is 1.08 bits per heavy atom. The van der Waals surface area contributed by atoms with Crippen LogP contribution in [0.4, 0.5) is 27.6 Å². The van der Waals surface area contributed by atoms with Crippen LogP contribution in [0, 0.1) is 0 Å². The summed E-state index contributed by atoms with van der Waals surface area (Å²) < 4.78 is 93.6. The largest absolute Gasteiger partial charge is 0.433 e. The Bertz CT molecular complexity index is 871. The van der Waals surface area contributed by atoms with Gasteiger partial charge in [0, 0.05) is 0 Å². The topological polar surface area (TPSA) is 55.4 Å². The first-order chi connectivity index (χ1) is 11.5. The first-order valence-electron chi connectivity index (χ1n) is 6.44. The van der Waals surface area contributed by atoms with Gasteiger partial charge in [-0.3, -0.25) is 4.72 Å². The highest BCUT2D eigenvalue weighted by atomic mass is 35.5. The number of anilines is 1. The van der Waals surface area contributed by atoms with Crippen LogP contribution in [-0.2, 0) is 16.2 Å². The highest BCUT2D eigenvalue weighted by Gasteiger charge is 2.36. The second-order valence-electron chi connectivity index (χ2n) is 4.62. The highest BCUT2D eigenvalue weighted by Crippen LogP contribution is 2.35. The fraction of sp³-hybridized carbons (Fsp3) is 0.143. The van der Waals surface area contributed by atoms with E-state index in [0.717, 1.165) is 36.4 Å². The average Bonchev–Trinajstić information content (AvgIpc) is 2.48. The third kappa shape index (κ3) is 4.73. The lowest BCUT2D eigenvalue weighted by Gasteiger charge is -2.15. The van der Waals surface area contributed by atoms with E-state index in [-0.39, 0.29) is 10.7 Å². The summed E-state index contributed by atoms with van der Waals surface area (Å²) in [5, 5.41) is -0.343. The van der Waals surface area contributed by atoms with Gasteiger partial charge in [-0.15, -0.1) is 0 Å². The van der Waals surface area contributed by atoms with Gasteiger partial charge in [0.1, 0.15) is 5.75 Å². The Morgan fingerprint density at radius 3 is 2.28 bits per heavy atom. The normalized spacial score (nSPS) is 12.3. The number of rotatable bonds is 5. The van der Waals surface area contributed by atoms with E-state index in [1.165, 1.54) is 0 Å². The molecule has 0 spiro atoms. The quantitative estimate of drug-likeness (QED) is 0.735. The molecular weight excluding hydrogens is 393 g/mol. The first kappa shape index (κ1) is 19.3. The van der Waals surface area contributed by atoms with Crippen LogP contribution in [0.1, 0.15) is 5.56 Å². The van der Waals surface area contributed by atoms with Crippen LogP contribution in [0.2, 0.25) is 5.02 Å². The van der Waals surface area contributed by atoms with Gasteiger partial charge in [-0.05, 0) is 30.3 Å². The van der Waals surface area contributed by atoms with Crippen molar-refractivity contribution in [2.24, 2.45) is 0 Å². The van der Waals surface area contributed by atoms with Gasteiger partial charge >= 0.3 is 12.8 Å². The van der Waals surface area contributed by atoms with Gasteiger partial charge in [0.05, 0.1) is 21.2 Å². The number of ether oxygens (including phenoxy) is 1. The minimum absolute atomic E-state index is 0.219. The van der Waals surface area contributed by atoms with Crippen LogP contribution in [0.15, 0.2) is 47.4 Å². The zero-order valence-electron chi connectivity index (χ0n) is 12.0. The molecule has 0 saturated carbocycles. The fourth-order valence-electron chi connectivity index (χ4n) is 1.90. The maximum Gasteiger partial charge on any atom is 0.417 e. The lowest BCUT2D eigenvalue weighted by molar-refractivity contribution is -0.139. The Kier molecular flexibility index (Phi) is 5.43. The maximum atomic E-state index is 13.0. The monoisotopic (exact) mass is 401 g/mol. The molecule has 0 radical (unpaired) electrons. The van der Waals surface area contributed by atoms with Gasteiger partial charge < -0.3 is 4.74 Å². The minimum atomic E-state index is -4.88. The van der Waals surface area contributed by atoms with Gasteiger partial charge in [0.15, 0.2) is 0 Å². The smallest absolute Gasteiger partial charge is 0.417 e. The second kappa shape index (κ2) is 7.04. The van der Waals surface area contributed by atoms with E-state index in [9.17, 15) is 30.4 Å². The third-order valence-corrected chi connectivity index (χ3v) is 4.62. The molecule has 11 heteroatoms. The van der Waals surface area contributed by atoms with Gasteiger partial charge in [-0.2, -0.15) is 22.0 Å². The lowest BCUT2D eigenvalue weighted by Crippen LogP contribution is -2.18. The average molecular weight is 402 g/mol. The van der Waals surface area contributed by atoms with E-state index in [0.29, 0.717) is 6.07 Å². The number of halogens is 6. The minimum Gasteiger partial charge on any atom is -0.433 e. The van der Waals surface area contributed by atoms with Crippen molar-refractivity contribution in [1.29, 1.82) is 0 Å². The molecule has 0 aliphatic rings. The maximum absolute atomic E-state index is 13.0. The molecule has 0 fully saturated rings. The molecule has 2 aromatic rings. The van der Waals surface area contributed by atoms with Gasteiger partial charge in [0.25, 0.3) is 10.0 Å². The molecule has 0 atom stereocenters. The highest BCUT2D eigenvalue weighted by molar-refractivity contribution is 7.92. The van der Waals surface area contributed by atoms with Crippen molar-refractivity contribution in [3.63, 3.8) is 0 Å². The molecule has 0 aliphatic carbocycles. The van der Waals surface area contributed by atoms with Gasteiger partial charge in [-0.1, -0.05) is 23.7 Å². The van der Waals surface area contributed by atoms with Crippen molar-refractivity contribution in [2.75, 3.05) is 4.72 Å². The number of nitrogens with one attached hydrogen (secondary N) is 1. The molecule has 2 aromatic carbocycles. The van der Waals surface area contributed by atoms with Gasteiger partial charge in [-0.25, -0.2) is 8.42 Å². The molecule has 25 heavy (non-hydrogen) atoms. The predicted molar refractivity (Wildman–Crippen MR) is 80.3 cm³/mol. The Hall–Kier alpha value is -2.07. The fourth-order valence-corrected chi connectivity index (χ4v) is 3.40. The van der Waals surface area contributed by atoms with Crippen molar-refractivity contribution in [3.8, 4) is 5.75 Å². The third-order valence-electron chi connectivity index (χ3n) is 2.88. The van der Waals surface area contributed by atoms with Crippen LogP contribution in [0.5, 0.6) is 5.75 Å². The van der Waals surface area contributed by atoms with E-state index in [2.05, 4.69) is 4.74 Å². The van der Waals surface area contributed by atoms with Crippen molar-refractivity contribution in [1.82, 2.24) is 0 Å². The lowest BCUT2D eigenvalue weighted by atomic mass is 10.2. The summed E-state index contributed by atoms with van der Waals surface area (Å²) in [6.45, 7) is -3.14. The standard InChI is InChI=1S/C14H9ClF5NO3S/c15-10-7-8(5-6-11(10)24-13(16)17)21-25(22,23)12-4-2-1-3-9(12)14(18,19)20/h1-7,13,21H. The molecule has 1 N–H and O–H groups in total. The molecule has 0 aliphatic heterocycles. The molecular formula is C14H9ClF5NO3S. The summed E-state index contributed by atoms with van der Waals surface area (Å²) in [4.78, 5) is -0.980. The molecule has 0 amide bonds. The van der Waals surface area contributed by atoms with Crippen LogP contribution in [0.25, 0.3) is 0 Å². The molecule has 0 unspecified atom stereocenters. The zero-order valence-corrected chi connectivity index (χ0v) is 13.6. The summed E-state index contributed by atoms with van der Waals surface area (Å²) >= 11 is 5.68. The summed E-state index contributed by atoms with van der Waals surface area (Å²) in [7, 11) is -4.60. The van der Waals surface area contributed by atoms with E-state index >= 15 is 0 Å². The molecule has 0 heterocycles. The van der Waals surface area contributed by atoms with Crippen LogP contribution < -0.4 is 9.46 Å². The Balaban J connectivity index is 2.36. The number of alkyl halides is 5. The SMILES string of the molecule is O=S(=O)(Nc1ccc(OC(F)F)c(Cl)c1)c1ccccc1C(F)(F)F. The zero-order chi connectivity index (χ0) is 18.8. The molecule has 0 saturated heterocycles. The number of hydrogen-bond donors (Lipinski definition) is 1. The van der Waals surface area contributed by atoms with Gasteiger partial charge in [0.2, 0.25) is 0 Å². The summed E-state index contributed by atoms with van der Waals surface area (Å²) in [5.41, 5.74) is -1.56. The molecule has 0 bridgehead atoms. The second-order valence-corrected chi connectivity index (χ2v) is 6.68. The molecule has 136 valence electrons. The predicted octanol–water partition coefficient (Wildman–Crippen LogP) is 4.76. The number of hydrogen-bond acceptors (Lipinski definition) is 3. The summed E-state index contributed by atoms with van der Waals surface area (Å²) in [5.74, 6) is -0.407. The Labute approximate surface area is 144 Å². The summed E-state index contributed by atoms with van der Waals surface area (Å²) in [6.07, 6.45) is -4.88. The van der Waals surface area contributed by atoms with E-state index in [4.69, 9.17) is 11.6 Å². The van der Waals surface area contributed by atoms with Crippen LogP contribution in [-0.4, -0.2) is 15.0 Å². The van der Waals surface area contributed by atoms with Crippen LogP contribution in [0.3, 0.4) is 0 Å². The van der Waals surface area contributed by atoms with E-state index in [1.54, 1.807) is 0 Å². The Morgan fingerprint density at radius 2 is 1.72 bits per heavy atom. The van der Waals surface area contributed by atoms with E-state index < -0.39 is 39.0 Å². The van der Waals surface area contributed by atoms with Crippen molar-refractivity contribution < 1.29 is 35.1 Å². The van der Waals surface area contributed by atoms with E-state index in [1.807, 2.05) is 4.72 Å². The molecule has 0 aromatic heterocycles.